The molecule has 0 amide bonds. The van der Waals surface area contributed by atoms with E-state index in [1.807, 2.05) is 6.92 Å². The van der Waals surface area contributed by atoms with Crippen molar-refractivity contribution in [2.75, 3.05) is 12.4 Å². The Morgan fingerprint density at radius 3 is 2.95 bits per heavy atom. The molecule has 21 heavy (non-hydrogen) atoms. The van der Waals surface area contributed by atoms with Gasteiger partial charge in [-0.1, -0.05) is 6.07 Å². The predicted octanol–water partition coefficient (Wildman–Crippen LogP) is 2.95. The molecule has 0 spiro atoms. The van der Waals surface area contributed by atoms with Crippen LogP contribution in [0.25, 0.3) is 0 Å². The van der Waals surface area contributed by atoms with Crippen molar-refractivity contribution >= 4 is 17.7 Å². The van der Waals surface area contributed by atoms with Gasteiger partial charge in [0.05, 0.1) is 6.61 Å². The third-order valence-electron chi connectivity index (χ3n) is 4.07. The number of nitrogens with one attached hydrogen (secondary N) is 1. The molecule has 4 heteroatoms. The molecule has 2 aliphatic carbocycles. The molecule has 0 aliphatic heterocycles. The number of fused-ring (bicyclic) bond motifs is 1. The van der Waals surface area contributed by atoms with Gasteiger partial charge in [-0.05, 0) is 62.3 Å². The zero-order valence-electron chi connectivity index (χ0n) is 12.6. The van der Waals surface area contributed by atoms with Crippen LogP contribution in [-0.2, 0) is 22.4 Å². The van der Waals surface area contributed by atoms with Crippen molar-refractivity contribution in [2.45, 2.75) is 56.0 Å². The van der Waals surface area contributed by atoms with E-state index in [9.17, 15) is 4.79 Å². The van der Waals surface area contributed by atoms with E-state index in [-0.39, 0.29) is 12.0 Å². The number of hydrogen-bond acceptors (Lipinski definition) is 4. The van der Waals surface area contributed by atoms with Crippen LogP contribution in [0.4, 0.5) is 0 Å². The molecule has 1 unspecified atom stereocenters. The summed E-state index contributed by atoms with van der Waals surface area (Å²) in [5, 5.41) is 3.40. The first kappa shape index (κ1) is 14.9. The maximum absolute atomic E-state index is 12.0. The zero-order valence-corrected chi connectivity index (χ0v) is 13.4. The Kier molecular flexibility index (Phi) is 4.86. The number of carbonyl (C=O) groups is 1. The van der Waals surface area contributed by atoms with Crippen molar-refractivity contribution in [2.24, 2.45) is 0 Å². The fraction of sp³-hybridized carbons (Fsp3) is 0.588. The van der Waals surface area contributed by atoms with Crippen LogP contribution in [-0.4, -0.2) is 30.4 Å². The van der Waals surface area contributed by atoms with Gasteiger partial charge in [-0.2, -0.15) is 0 Å². The molecule has 0 aromatic heterocycles. The smallest absolute Gasteiger partial charge is 0.324 e. The predicted molar refractivity (Wildman–Crippen MR) is 85.8 cm³/mol. The summed E-state index contributed by atoms with van der Waals surface area (Å²) in [6.07, 6.45) is 6.05. The van der Waals surface area contributed by atoms with Crippen molar-refractivity contribution in [3.8, 4) is 0 Å². The lowest BCUT2D eigenvalue weighted by Crippen LogP contribution is -2.41. The Morgan fingerprint density at radius 1 is 1.38 bits per heavy atom. The molecular formula is C17H23NO2S. The SMILES string of the molecule is CCOC(=O)C(CSc1ccc2c(c1)CCC2)NC1CC1. The highest BCUT2D eigenvalue weighted by atomic mass is 32.2. The number of aryl methyl sites for hydroxylation is 2. The standard InChI is InChI=1S/C17H23NO2S/c1-2-20-17(19)16(18-14-7-8-14)11-21-15-9-6-12-4-3-5-13(12)10-15/h6,9-10,14,16,18H,2-5,7-8,11H2,1H3. The largest absolute Gasteiger partial charge is 0.465 e. The van der Waals surface area contributed by atoms with Gasteiger partial charge in [0.25, 0.3) is 0 Å². The molecule has 3 nitrogen and oxygen atoms in total. The molecule has 3 rings (SSSR count). The first-order chi connectivity index (χ1) is 10.3. The summed E-state index contributed by atoms with van der Waals surface area (Å²) in [6, 6.07) is 7.06. The minimum absolute atomic E-state index is 0.113. The fourth-order valence-corrected chi connectivity index (χ4v) is 3.76. The quantitative estimate of drug-likeness (QED) is 0.621. The third kappa shape index (κ3) is 4.01. The van der Waals surface area contributed by atoms with Crippen molar-refractivity contribution < 1.29 is 9.53 Å². The normalized spacial score (nSPS) is 18.3. The van der Waals surface area contributed by atoms with Gasteiger partial charge in [0.15, 0.2) is 0 Å². The molecule has 2 aliphatic rings. The first-order valence-electron chi connectivity index (χ1n) is 7.93. The number of thioether (sulfide) groups is 1. The zero-order chi connectivity index (χ0) is 14.7. The van der Waals surface area contributed by atoms with Crippen molar-refractivity contribution in [3.63, 3.8) is 0 Å². The Balaban J connectivity index is 1.58. The molecule has 1 aromatic carbocycles. The van der Waals surface area contributed by atoms with Gasteiger partial charge >= 0.3 is 5.97 Å². The van der Waals surface area contributed by atoms with Gasteiger partial charge in [0, 0.05) is 16.7 Å². The lowest BCUT2D eigenvalue weighted by Gasteiger charge is -2.16. The second-order valence-corrected chi connectivity index (χ2v) is 6.93. The van der Waals surface area contributed by atoms with E-state index in [1.54, 1.807) is 11.8 Å². The minimum Gasteiger partial charge on any atom is -0.465 e. The van der Waals surface area contributed by atoms with E-state index in [0.717, 1.165) is 5.75 Å². The number of benzene rings is 1. The summed E-state index contributed by atoms with van der Waals surface area (Å²) < 4.78 is 5.18. The lowest BCUT2D eigenvalue weighted by atomic mass is 10.1. The maximum atomic E-state index is 12.0. The maximum Gasteiger partial charge on any atom is 0.324 e. The number of carbonyl (C=O) groups excluding carboxylic acids is 1. The van der Waals surface area contributed by atoms with Gasteiger partial charge in [-0.3, -0.25) is 4.79 Å². The van der Waals surface area contributed by atoms with Crippen molar-refractivity contribution in [1.29, 1.82) is 0 Å². The van der Waals surface area contributed by atoms with E-state index in [0.29, 0.717) is 12.6 Å². The number of esters is 1. The number of hydrogen-bond donors (Lipinski definition) is 1. The Morgan fingerprint density at radius 2 is 2.19 bits per heavy atom. The highest BCUT2D eigenvalue weighted by Gasteiger charge is 2.29. The Hall–Kier alpha value is -1.00. The summed E-state index contributed by atoms with van der Waals surface area (Å²) >= 11 is 1.76. The molecule has 1 atom stereocenters. The van der Waals surface area contributed by atoms with Crippen molar-refractivity contribution in [3.05, 3.63) is 29.3 Å². The van der Waals surface area contributed by atoms with E-state index >= 15 is 0 Å². The Bertz CT molecular complexity index is 514. The summed E-state index contributed by atoms with van der Waals surface area (Å²) in [5.41, 5.74) is 2.99. The number of rotatable bonds is 7. The summed E-state index contributed by atoms with van der Waals surface area (Å²) in [4.78, 5) is 13.3. The topological polar surface area (TPSA) is 38.3 Å². The van der Waals surface area contributed by atoms with Crippen molar-refractivity contribution in [1.82, 2.24) is 5.32 Å². The average Bonchev–Trinajstić information content (AvgIpc) is 3.18. The highest BCUT2D eigenvalue weighted by molar-refractivity contribution is 7.99. The summed E-state index contributed by atoms with van der Waals surface area (Å²) in [5.74, 6) is 0.631. The van der Waals surface area contributed by atoms with Gasteiger partial charge in [-0.25, -0.2) is 0 Å². The van der Waals surface area contributed by atoms with E-state index < -0.39 is 0 Å². The van der Waals surface area contributed by atoms with E-state index in [2.05, 4.69) is 23.5 Å². The average molecular weight is 305 g/mol. The van der Waals surface area contributed by atoms with Crippen LogP contribution >= 0.6 is 11.8 Å². The van der Waals surface area contributed by atoms with Crippen LogP contribution in [0.3, 0.4) is 0 Å². The summed E-state index contributed by atoms with van der Waals surface area (Å²) in [7, 11) is 0. The number of ether oxygens (including phenoxy) is 1. The van der Waals surface area contributed by atoms with Gasteiger partial charge < -0.3 is 10.1 Å². The molecule has 0 bridgehead atoms. The fourth-order valence-electron chi connectivity index (χ4n) is 2.78. The van der Waals surface area contributed by atoms with Crippen LogP contribution in [0.5, 0.6) is 0 Å². The molecule has 0 heterocycles. The van der Waals surface area contributed by atoms with Crippen LogP contribution in [0.1, 0.15) is 37.3 Å². The third-order valence-corrected chi connectivity index (χ3v) is 5.16. The van der Waals surface area contributed by atoms with Crippen LogP contribution in [0, 0.1) is 0 Å². The first-order valence-corrected chi connectivity index (χ1v) is 8.92. The second kappa shape index (κ2) is 6.84. The van der Waals surface area contributed by atoms with Crippen LogP contribution in [0.15, 0.2) is 23.1 Å². The van der Waals surface area contributed by atoms with Crippen LogP contribution < -0.4 is 5.32 Å². The van der Waals surface area contributed by atoms with Gasteiger partial charge in [0.2, 0.25) is 0 Å². The molecule has 1 saturated carbocycles. The molecule has 0 saturated heterocycles. The van der Waals surface area contributed by atoms with E-state index in [1.165, 1.54) is 48.1 Å². The van der Waals surface area contributed by atoms with E-state index in [4.69, 9.17) is 4.74 Å². The second-order valence-electron chi connectivity index (χ2n) is 5.84. The van der Waals surface area contributed by atoms with Gasteiger partial charge in [0.1, 0.15) is 6.04 Å². The van der Waals surface area contributed by atoms with Crippen LogP contribution in [0.2, 0.25) is 0 Å². The molecule has 1 fully saturated rings. The monoisotopic (exact) mass is 305 g/mol. The Labute approximate surface area is 130 Å². The lowest BCUT2D eigenvalue weighted by molar-refractivity contribution is -0.145. The summed E-state index contributed by atoms with van der Waals surface area (Å²) in [6.45, 7) is 2.31. The van der Waals surface area contributed by atoms with Gasteiger partial charge in [-0.15, -0.1) is 11.8 Å². The molecule has 1 aromatic rings. The molecule has 114 valence electrons. The minimum atomic E-state index is -0.185. The highest BCUT2D eigenvalue weighted by Crippen LogP contribution is 2.28. The molecule has 1 N–H and O–H groups in total. The molecule has 0 radical (unpaired) electrons. The molecular weight excluding hydrogens is 282 g/mol.